The highest BCUT2D eigenvalue weighted by molar-refractivity contribution is 7.20. The maximum Gasteiger partial charge on any atom is 0.325 e. The number of nitrogens with zero attached hydrogens (tertiary/aromatic N) is 4. The van der Waals surface area contributed by atoms with Crippen LogP contribution >= 0.6 is 22.9 Å². The summed E-state index contributed by atoms with van der Waals surface area (Å²) < 4.78 is 19.2. The van der Waals surface area contributed by atoms with Gasteiger partial charge in [0, 0.05) is 22.5 Å². The van der Waals surface area contributed by atoms with Gasteiger partial charge in [-0.2, -0.15) is 5.10 Å². The molecule has 4 aromatic rings. The maximum absolute atomic E-state index is 13.4. The predicted molar refractivity (Wildman–Crippen MR) is 164 cm³/mol. The van der Waals surface area contributed by atoms with E-state index in [2.05, 4.69) is 20.4 Å². The molecule has 5 rings (SSSR count). The molecule has 0 aliphatic heterocycles. The van der Waals surface area contributed by atoms with E-state index in [0.717, 1.165) is 37.6 Å². The van der Waals surface area contributed by atoms with Crippen molar-refractivity contribution in [2.24, 2.45) is 5.10 Å². The largest absolute Gasteiger partial charge is 0.487 e. The molecule has 8 nitrogen and oxygen atoms in total. The lowest BCUT2D eigenvalue weighted by Gasteiger charge is -2.26. The molecule has 1 aliphatic rings. The van der Waals surface area contributed by atoms with Crippen LogP contribution in [0.4, 0.5) is 15.9 Å². The molecular weight excluding hydrogens is 565 g/mol. The number of aliphatic carboxylic acids is 1. The third kappa shape index (κ3) is 6.83. The molecule has 11 heteroatoms. The van der Waals surface area contributed by atoms with E-state index in [9.17, 15) is 14.3 Å². The van der Waals surface area contributed by atoms with Gasteiger partial charge in [0.1, 0.15) is 41.7 Å². The van der Waals surface area contributed by atoms with Crippen LogP contribution in [0.1, 0.15) is 50.1 Å². The van der Waals surface area contributed by atoms with Crippen LogP contribution in [0, 0.1) is 5.82 Å². The Labute approximate surface area is 247 Å². The highest BCUT2D eigenvalue weighted by atomic mass is 35.5. The summed E-state index contributed by atoms with van der Waals surface area (Å²) in [5.74, 6) is -0.111. The Kier molecular flexibility index (Phi) is 9.91. The Morgan fingerprint density at radius 1 is 1.24 bits per heavy atom. The van der Waals surface area contributed by atoms with Gasteiger partial charge in [-0.25, -0.2) is 14.4 Å². The number of carbonyl (C=O) groups is 1. The number of fused-ring (bicyclic) bond motifs is 3. The van der Waals surface area contributed by atoms with Gasteiger partial charge < -0.3 is 15.2 Å². The fourth-order valence-corrected chi connectivity index (χ4v) is 6.05. The number of carboxylic acids is 1. The molecule has 2 heterocycles. The van der Waals surface area contributed by atoms with Crippen molar-refractivity contribution in [1.29, 1.82) is 0 Å². The van der Waals surface area contributed by atoms with Gasteiger partial charge in [-0.1, -0.05) is 37.6 Å². The number of aryl methyl sites for hydroxylation is 1. The number of anilines is 2. The zero-order valence-corrected chi connectivity index (χ0v) is 24.8. The average molecular weight is 596 g/mol. The molecule has 0 bridgehead atoms. The number of halogens is 2. The van der Waals surface area contributed by atoms with Gasteiger partial charge in [0.2, 0.25) is 0 Å². The van der Waals surface area contributed by atoms with Crippen LogP contribution in [0.2, 0.25) is 5.02 Å². The van der Waals surface area contributed by atoms with Crippen molar-refractivity contribution >= 4 is 62.4 Å². The Bertz CT molecular complexity index is 1620. The number of hydrazone groups is 1. The van der Waals surface area contributed by atoms with Crippen LogP contribution in [-0.4, -0.2) is 38.8 Å². The third-order valence-electron chi connectivity index (χ3n) is 6.30. The minimum atomic E-state index is -0.940. The van der Waals surface area contributed by atoms with Crippen molar-refractivity contribution in [1.82, 2.24) is 15.0 Å². The Morgan fingerprint density at radius 2 is 2.05 bits per heavy atom. The predicted octanol–water partition coefficient (Wildman–Crippen LogP) is 7.90. The van der Waals surface area contributed by atoms with Crippen LogP contribution in [0.3, 0.4) is 0 Å². The van der Waals surface area contributed by atoms with Crippen molar-refractivity contribution in [3.05, 3.63) is 81.3 Å². The summed E-state index contributed by atoms with van der Waals surface area (Å²) in [7, 11) is 0. The van der Waals surface area contributed by atoms with Crippen molar-refractivity contribution in [3.8, 4) is 5.75 Å². The van der Waals surface area contributed by atoms with Crippen molar-refractivity contribution < 1.29 is 19.0 Å². The number of hydrogen-bond acceptors (Lipinski definition) is 8. The van der Waals surface area contributed by atoms with Crippen molar-refractivity contribution in [2.75, 3.05) is 11.9 Å². The van der Waals surface area contributed by atoms with E-state index in [1.165, 1.54) is 18.5 Å². The Hall–Kier alpha value is -4.02. The molecule has 2 aromatic carbocycles. The number of ether oxygens (including phenoxy) is 1. The summed E-state index contributed by atoms with van der Waals surface area (Å²) in [6, 6.07) is 11.6. The lowest BCUT2D eigenvalue weighted by atomic mass is 9.94. The van der Waals surface area contributed by atoms with Gasteiger partial charge in [0.05, 0.1) is 10.4 Å². The molecule has 0 saturated carbocycles. The zero-order valence-electron chi connectivity index (χ0n) is 23.2. The van der Waals surface area contributed by atoms with Crippen LogP contribution in [0.15, 0.2) is 59.6 Å². The summed E-state index contributed by atoms with van der Waals surface area (Å²) >= 11 is 8.05. The second-order valence-corrected chi connectivity index (χ2v) is 10.3. The number of nitrogens with one attached hydrogen (secondary N) is 1. The molecule has 0 saturated heterocycles. The quantitative estimate of drug-likeness (QED) is 0.150. The Morgan fingerprint density at radius 3 is 2.76 bits per heavy atom. The summed E-state index contributed by atoms with van der Waals surface area (Å²) in [4.78, 5) is 22.3. The van der Waals surface area contributed by atoms with E-state index in [1.807, 2.05) is 26.8 Å². The number of allylic oxidation sites excluding steroid dienone is 2. The number of rotatable bonds is 9. The molecule has 41 heavy (non-hydrogen) atoms. The van der Waals surface area contributed by atoms with Crippen molar-refractivity contribution in [2.45, 2.75) is 47.1 Å². The second-order valence-electron chi connectivity index (χ2n) is 8.90. The minimum Gasteiger partial charge on any atom is -0.487 e. The smallest absolute Gasteiger partial charge is 0.325 e. The molecule has 1 aliphatic carbocycles. The molecule has 0 spiro atoms. The zero-order chi connectivity index (χ0) is 29.5. The van der Waals surface area contributed by atoms with Gasteiger partial charge in [-0.05, 0) is 73.7 Å². The van der Waals surface area contributed by atoms with E-state index in [1.54, 1.807) is 53.7 Å². The van der Waals surface area contributed by atoms with E-state index < -0.39 is 5.97 Å². The van der Waals surface area contributed by atoms with Gasteiger partial charge >= 0.3 is 5.97 Å². The van der Waals surface area contributed by atoms with Crippen molar-refractivity contribution in [3.63, 3.8) is 0 Å². The molecule has 0 amide bonds. The van der Waals surface area contributed by atoms with Crippen LogP contribution in [0.25, 0.3) is 15.8 Å². The monoisotopic (exact) mass is 595 g/mol. The highest BCUT2D eigenvalue weighted by Crippen LogP contribution is 2.44. The first kappa shape index (κ1) is 30.0. The fourth-order valence-electron chi connectivity index (χ4n) is 4.61. The molecular formula is C30H31ClFN5O3S. The van der Waals surface area contributed by atoms with Gasteiger partial charge in [0.15, 0.2) is 0 Å². The normalized spacial score (nSPS) is 12.6. The molecule has 0 atom stereocenters. The SMILES string of the molecule is C/C=N\N(CC(=O)O)C1=C(C)c2sc3ncnc(Nc4ccc(OCc5cccc(F)c5)c(Cl)c4)c3c2CC1.CC. The average Bonchev–Trinajstić information content (AvgIpc) is 3.34. The van der Waals surface area contributed by atoms with E-state index in [0.29, 0.717) is 35.0 Å². The lowest BCUT2D eigenvalue weighted by molar-refractivity contribution is -0.137. The van der Waals surface area contributed by atoms with Gasteiger partial charge in [-0.15, -0.1) is 11.3 Å². The summed E-state index contributed by atoms with van der Waals surface area (Å²) in [6.45, 7) is 7.75. The van der Waals surface area contributed by atoms with Gasteiger partial charge in [0.25, 0.3) is 0 Å². The fraction of sp³-hybridized carbons (Fsp3) is 0.267. The van der Waals surface area contributed by atoms with Crippen LogP contribution in [0.5, 0.6) is 5.75 Å². The number of hydrogen-bond donors (Lipinski definition) is 2. The van der Waals surface area contributed by atoms with E-state index in [-0.39, 0.29) is 19.0 Å². The lowest BCUT2D eigenvalue weighted by Crippen LogP contribution is -2.26. The Balaban J connectivity index is 0.00000189. The first-order valence-electron chi connectivity index (χ1n) is 13.2. The van der Waals surface area contributed by atoms with Gasteiger partial charge in [-0.3, -0.25) is 9.80 Å². The molecule has 2 aromatic heterocycles. The van der Waals surface area contributed by atoms with Crippen LogP contribution in [-0.2, 0) is 17.8 Å². The first-order valence-corrected chi connectivity index (χ1v) is 14.4. The molecule has 0 fully saturated rings. The first-order chi connectivity index (χ1) is 19.8. The number of benzene rings is 2. The number of carboxylic acid groups (broad SMARTS) is 1. The maximum atomic E-state index is 13.4. The molecule has 0 radical (unpaired) electrons. The standard InChI is InChI=1S/C28H25ClFN5O3S.C2H6/c1-3-33-35(13-24(36)37)22-9-8-20-25-27(31-15-32-28(25)39-26(20)16(22)2)34-19-7-10-23(21(29)12-19)38-14-17-5-4-6-18(30)11-17;1-2/h3-7,10-12,15H,8-9,13-14H2,1-2H3,(H,36,37)(H,31,32,34);1-2H3/b33-3-;. The second kappa shape index (κ2) is 13.6. The molecule has 214 valence electrons. The summed E-state index contributed by atoms with van der Waals surface area (Å²) in [5.41, 5.74) is 4.43. The number of aromatic nitrogens is 2. The van der Waals surface area contributed by atoms with E-state index in [4.69, 9.17) is 16.3 Å². The summed E-state index contributed by atoms with van der Waals surface area (Å²) in [5, 5.41) is 19.9. The summed E-state index contributed by atoms with van der Waals surface area (Å²) in [6.07, 6.45) is 4.46. The topological polar surface area (TPSA) is 99.9 Å². The van der Waals surface area contributed by atoms with Crippen LogP contribution < -0.4 is 10.1 Å². The molecule has 2 N–H and O–H groups in total. The minimum absolute atomic E-state index is 0.195. The molecule has 0 unspecified atom stereocenters. The third-order valence-corrected chi connectivity index (χ3v) is 7.86. The number of thiophene rings is 1. The highest BCUT2D eigenvalue weighted by Gasteiger charge is 2.27. The van der Waals surface area contributed by atoms with E-state index >= 15 is 0 Å².